The van der Waals surface area contributed by atoms with Gasteiger partial charge in [-0.1, -0.05) is 48.5 Å². The standard InChI is InChI=1S/C18H18O2/c1-13(10-11-19)15-6-8-16(9-7-15)18-5-3-4-17(12-18)14(2)20/h3-10,12,19H,11H2,1-2H3. The maximum atomic E-state index is 11.4. The van der Waals surface area contributed by atoms with Gasteiger partial charge in [0.05, 0.1) is 6.61 Å². The second-order valence-corrected chi connectivity index (χ2v) is 4.78. The molecule has 20 heavy (non-hydrogen) atoms. The van der Waals surface area contributed by atoms with E-state index in [9.17, 15) is 4.79 Å². The molecule has 0 aliphatic heterocycles. The lowest BCUT2D eigenvalue weighted by Crippen LogP contribution is -1.91. The second-order valence-electron chi connectivity index (χ2n) is 4.78. The summed E-state index contributed by atoms with van der Waals surface area (Å²) in [5.41, 5.74) is 4.98. The maximum Gasteiger partial charge on any atom is 0.159 e. The molecule has 0 bridgehead atoms. The van der Waals surface area contributed by atoms with Gasteiger partial charge in [-0.3, -0.25) is 4.79 Å². The highest BCUT2D eigenvalue weighted by Crippen LogP contribution is 2.23. The number of rotatable bonds is 4. The van der Waals surface area contributed by atoms with Crippen LogP contribution in [0, 0.1) is 0 Å². The van der Waals surface area contributed by atoms with Crippen LogP contribution in [0.3, 0.4) is 0 Å². The number of ketones is 1. The summed E-state index contributed by atoms with van der Waals surface area (Å²) >= 11 is 0. The van der Waals surface area contributed by atoms with Crippen LogP contribution in [0.25, 0.3) is 16.7 Å². The lowest BCUT2D eigenvalue weighted by Gasteiger charge is -2.06. The molecule has 102 valence electrons. The van der Waals surface area contributed by atoms with Gasteiger partial charge < -0.3 is 5.11 Å². The fourth-order valence-corrected chi connectivity index (χ4v) is 2.10. The van der Waals surface area contributed by atoms with E-state index in [4.69, 9.17) is 5.11 Å². The molecule has 0 aliphatic rings. The van der Waals surface area contributed by atoms with Gasteiger partial charge in [0.15, 0.2) is 5.78 Å². The van der Waals surface area contributed by atoms with Crippen LogP contribution in [0.4, 0.5) is 0 Å². The molecule has 0 aromatic heterocycles. The third-order valence-electron chi connectivity index (χ3n) is 3.34. The highest BCUT2D eigenvalue weighted by Gasteiger charge is 2.03. The van der Waals surface area contributed by atoms with Crippen molar-refractivity contribution in [1.29, 1.82) is 0 Å². The molecule has 2 aromatic rings. The number of Topliss-reactive ketones (excluding diaryl/α,β-unsaturated/α-hetero) is 1. The normalized spacial score (nSPS) is 11.4. The van der Waals surface area contributed by atoms with Crippen LogP contribution in [0.2, 0.25) is 0 Å². The van der Waals surface area contributed by atoms with Gasteiger partial charge in [-0.25, -0.2) is 0 Å². The van der Waals surface area contributed by atoms with Crippen molar-refractivity contribution in [3.8, 4) is 11.1 Å². The minimum atomic E-state index is 0.0498. The Morgan fingerprint density at radius 2 is 1.70 bits per heavy atom. The molecule has 2 aromatic carbocycles. The van der Waals surface area contributed by atoms with Crippen LogP contribution < -0.4 is 0 Å². The Hall–Kier alpha value is -2.19. The van der Waals surface area contributed by atoms with E-state index >= 15 is 0 Å². The summed E-state index contributed by atoms with van der Waals surface area (Å²) in [6, 6.07) is 15.7. The van der Waals surface area contributed by atoms with Crippen molar-refractivity contribution in [3.63, 3.8) is 0 Å². The van der Waals surface area contributed by atoms with E-state index in [1.54, 1.807) is 13.0 Å². The largest absolute Gasteiger partial charge is 0.392 e. The van der Waals surface area contributed by atoms with E-state index < -0.39 is 0 Å². The molecule has 2 rings (SSSR count). The molecule has 0 saturated carbocycles. The first-order valence-electron chi connectivity index (χ1n) is 6.61. The molecule has 0 atom stereocenters. The van der Waals surface area contributed by atoms with Gasteiger partial charge >= 0.3 is 0 Å². The van der Waals surface area contributed by atoms with Crippen molar-refractivity contribution in [1.82, 2.24) is 0 Å². The monoisotopic (exact) mass is 266 g/mol. The maximum absolute atomic E-state index is 11.4. The Morgan fingerprint density at radius 3 is 2.30 bits per heavy atom. The van der Waals surface area contributed by atoms with Gasteiger partial charge in [0.25, 0.3) is 0 Å². The summed E-state index contributed by atoms with van der Waals surface area (Å²) in [6.45, 7) is 3.60. The van der Waals surface area contributed by atoms with Crippen LogP contribution >= 0.6 is 0 Å². The molecule has 0 radical (unpaired) electrons. The van der Waals surface area contributed by atoms with Crippen molar-refractivity contribution in [2.24, 2.45) is 0 Å². The molecule has 2 heteroatoms. The van der Waals surface area contributed by atoms with Crippen molar-refractivity contribution >= 4 is 11.4 Å². The molecule has 0 saturated heterocycles. The van der Waals surface area contributed by atoms with Crippen molar-refractivity contribution in [3.05, 3.63) is 65.7 Å². The smallest absolute Gasteiger partial charge is 0.159 e. The molecule has 0 amide bonds. The van der Waals surface area contributed by atoms with Gasteiger partial charge in [0.1, 0.15) is 0 Å². The molecule has 0 spiro atoms. The van der Waals surface area contributed by atoms with Gasteiger partial charge in [0.2, 0.25) is 0 Å². The van der Waals surface area contributed by atoms with Gasteiger partial charge in [0, 0.05) is 5.56 Å². The van der Waals surface area contributed by atoms with Crippen molar-refractivity contribution in [2.45, 2.75) is 13.8 Å². The molecule has 0 heterocycles. The predicted molar refractivity (Wildman–Crippen MR) is 82.6 cm³/mol. The highest BCUT2D eigenvalue weighted by molar-refractivity contribution is 5.95. The fourth-order valence-electron chi connectivity index (χ4n) is 2.10. The minimum absolute atomic E-state index is 0.0498. The Labute approximate surface area is 119 Å². The Bertz CT molecular complexity index is 637. The first-order valence-corrected chi connectivity index (χ1v) is 6.61. The quantitative estimate of drug-likeness (QED) is 0.851. The fraction of sp³-hybridized carbons (Fsp3) is 0.167. The highest BCUT2D eigenvalue weighted by atomic mass is 16.2. The molecule has 0 aliphatic carbocycles. The Kier molecular flexibility index (Phi) is 4.49. The summed E-state index contributed by atoms with van der Waals surface area (Å²) < 4.78 is 0. The van der Waals surface area contributed by atoms with Gasteiger partial charge in [-0.2, -0.15) is 0 Å². The summed E-state index contributed by atoms with van der Waals surface area (Å²) in [7, 11) is 0. The number of benzene rings is 2. The van der Waals surface area contributed by atoms with Crippen LogP contribution in [0.15, 0.2) is 54.6 Å². The summed E-state index contributed by atoms with van der Waals surface area (Å²) in [5.74, 6) is 0.0743. The predicted octanol–water partition coefficient (Wildman–Crippen LogP) is 3.95. The zero-order valence-corrected chi connectivity index (χ0v) is 11.8. The summed E-state index contributed by atoms with van der Waals surface area (Å²) in [4.78, 5) is 11.4. The van der Waals surface area contributed by atoms with Crippen molar-refractivity contribution < 1.29 is 9.90 Å². The molecule has 0 fully saturated rings. The summed E-state index contributed by atoms with van der Waals surface area (Å²) in [5, 5.41) is 8.90. The third-order valence-corrected chi connectivity index (χ3v) is 3.34. The molecule has 1 N–H and O–H groups in total. The zero-order chi connectivity index (χ0) is 14.5. The SMILES string of the molecule is CC(=O)c1cccc(-c2ccc(C(C)=CCO)cc2)c1. The molecule has 0 unspecified atom stereocenters. The number of carbonyl (C=O) groups is 1. The van der Waals surface area contributed by atoms with E-state index in [1.165, 1.54) is 0 Å². The van der Waals surface area contributed by atoms with Gasteiger partial charge in [-0.15, -0.1) is 0 Å². The van der Waals surface area contributed by atoms with Crippen LogP contribution in [-0.2, 0) is 0 Å². The lowest BCUT2D eigenvalue weighted by atomic mass is 9.99. The number of carbonyl (C=O) groups excluding carboxylic acids is 1. The molecule has 2 nitrogen and oxygen atoms in total. The van der Waals surface area contributed by atoms with E-state index in [2.05, 4.69) is 0 Å². The summed E-state index contributed by atoms with van der Waals surface area (Å²) in [6.07, 6.45) is 1.78. The average Bonchev–Trinajstić information content (AvgIpc) is 2.48. The number of aliphatic hydroxyl groups is 1. The lowest BCUT2D eigenvalue weighted by molar-refractivity contribution is 0.101. The van der Waals surface area contributed by atoms with Crippen LogP contribution in [0.5, 0.6) is 0 Å². The zero-order valence-electron chi connectivity index (χ0n) is 11.8. The molecular formula is C18H18O2. The van der Waals surface area contributed by atoms with E-state index in [-0.39, 0.29) is 12.4 Å². The number of hydrogen-bond acceptors (Lipinski definition) is 2. The Morgan fingerprint density at radius 1 is 1.00 bits per heavy atom. The molecular weight excluding hydrogens is 248 g/mol. The topological polar surface area (TPSA) is 37.3 Å². The minimum Gasteiger partial charge on any atom is -0.392 e. The van der Waals surface area contributed by atoms with E-state index in [0.717, 1.165) is 27.8 Å². The van der Waals surface area contributed by atoms with Gasteiger partial charge in [-0.05, 0) is 42.2 Å². The van der Waals surface area contributed by atoms with Crippen LogP contribution in [-0.4, -0.2) is 17.5 Å². The van der Waals surface area contributed by atoms with Crippen molar-refractivity contribution in [2.75, 3.05) is 6.61 Å². The first-order chi connectivity index (χ1) is 9.61. The van der Waals surface area contributed by atoms with E-state index in [0.29, 0.717) is 0 Å². The third kappa shape index (κ3) is 3.22. The number of hydrogen-bond donors (Lipinski definition) is 1. The number of allylic oxidation sites excluding steroid dienone is 1. The second kappa shape index (κ2) is 6.31. The number of aliphatic hydroxyl groups excluding tert-OH is 1. The average molecular weight is 266 g/mol. The first kappa shape index (κ1) is 14.2. The Balaban J connectivity index is 2.33. The van der Waals surface area contributed by atoms with E-state index in [1.807, 2.05) is 55.5 Å². The van der Waals surface area contributed by atoms with Crippen LogP contribution in [0.1, 0.15) is 29.8 Å².